The zero-order valence-corrected chi connectivity index (χ0v) is 12.5. The Kier molecular flexibility index (Phi) is 4.06. The van der Waals surface area contributed by atoms with Gasteiger partial charge >= 0.3 is 0 Å². The van der Waals surface area contributed by atoms with E-state index in [1.165, 1.54) is 6.07 Å². The molecule has 0 amide bonds. The van der Waals surface area contributed by atoms with Gasteiger partial charge in [-0.05, 0) is 58.1 Å². The maximum absolute atomic E-state index is 13.3. The number of rotatable bonds is 5. The predicted molar refractivity (Wildman–Crippen MR) is 75.4 cm³/mol. The number of hydrogen-bond acceptors (Lipinski definition) is 2. The monoisotopic (exact) mass is 284 g/mol. The highest BCUT2D eigenvalue weighted by Gasteiger charge is 2.38. The topological polar surface area (TPSA) is 56.0 Å². The molecule has 0 bridgehead atoms. The van der Waals surface area contributed by atoms with Crippen LogP contribution in [0, 0.1) is 18.7 Å². The van der Waals surface area contributed by atoms with Crippen molar-refractivity contribution in [1.82, 2.24) is 4.98 Å². The molecule has 0 spiro atoms. The van der Waals surface area contributed by atoms with Gasteiger partial charge in [0.25, 0.3) is 0 Å². The molecule has 1 aromatic heterocycles. The van der Waals surface area contributed by atoms with Crippen LogP contribution >= 0.6 is 0 Å². The van der Waals surface area contributed by atoms with Gasteiger partial charge in [0.1, 0.15) is 5.82 Å². The Bertz CT molecular complexity index is 500. The van der Waals surface area contributed by atoms with Crippen LogP contribution < -0.4 is 5.14 Å². The first kappa shape index (κ1) is 14.6. The van der Waals surface area contributed by atoms with Crippen molar-refractivity contribution in [3.63, 3.8) is 0 Å². The first-order valence-electron chi connectivity index (χ1n) is 6.60. The second kappa shape index (κ2) is 5.29. The molecule has 1 aliphatic carbocycles. The minimum absolute atomic E-state index is 0.224. The van der Waals surface area contributed by atoms with Gasteiger partial charge in [-0.1, -0.05) is 0 Å². The number of nitrogens with zero attached hydrogens (tertiary/aromatic N) is 1. The second-order valence-electron chi connectivity index (χ2n) is 6.01. The number of aryl methyl sites for hydroxylation is 1. The van der Waals surface area contributed by atoms with Crippen molar-refractivity contribution in [2.45, 2.75) is 50.7 Å². The zero-order chi connectivity index (χ0) is 14.2. The zero-order valence-electron chi connectivity index (χ0n) is 11.6. The quantitative estimate of drug-likeness (QED) is 0.904. The van der Waals surface area contributed by atoms with Crippen LogP contribution in [0.3, 0.4) is 0 Å². The fourth-order valence-electron chi connectivity index (χ4n) is 2.39. The minimum Gasteiger partial charge on any atom is -0.255 e. The van der Waals surface area contributed by atoms with E-state index in [0.29, 0.717) is 11.6 Å². The number of halogens is 1. The number of aromatic nitrogens is 1. The molecule has 5 heteroatoms. The summed E-state index contributed by atoms with van der Waals surface area (Å²) in [6, 6.07) is 3.22. The van der Waals surface area contributed by atoms with E-state index in [0.717, 1.165) is 25.0 Å². The Morgan fingerprint density at radius 2 is 2.16 bits per heavy atom. The third-order valence-corrected chi connectivity index (χ3v) is 5.13. The van der Waals surface area contributed by atoms with Gasteiger partial charge in [0.2, 0.25) is 0 Å². The molecular formula is C14H21FN2OS. The largest absolute Gasteiger partial charge is 0.255 e. The number of hydrogen-bond donors (Lipinski definition) is 1. The normalized spacial score (nSPS) is 19.2. The Balaban J connectivity index is 2.25. The van der Waals surface area contributed by atoms with Gasteiger partial charge in [-0.2, -0.15) is 0 Å². The van der Waals surface area contributed by atoms with Crippen LogP contribution in [0.2, 0.25) is 0 Å². The summed E-state index contributed by atoms with van der Waals surface area (Å²) < 4.78 is 24.5. The predicted octanol–water partition coefficient (Wildman–Crippen LogP) is 2.81. The van der Waals surface area contributed by atoms with Crippen molar-refractivity contribution < 1.29 is 8.60 Å². The van der Waals surface area contributed by atoms with E-state index in [1.807, 2.05) is 13.8 Å². The van der Waals surface area contributed by atoms with Gasteiger partial charge in [0.05, 0.1) is 21.4 Å². The molecule has 1 unspecified atom stereocenters. The lowest BCUT2D eigenvalue weighted by molar-refractivity contribution is 0.468. The van der Waals surface area contributed by atoms with Gasteiger partial charge in [-0.3, -0.25) is 10.1 Å². The molecule has 0 saturated heterocycles. The van der Waals surface area contributed by atoms with E-state index in [2.05, 4.69) is 4.98 Å². The van der Waals surface area contributed by atoms with Crippen LogP contribution in [0.15, 0.2) is 12.1 Å². The summed E-state index contributed by atoms with van der Waals surface area (Å²) in [4.78, 5) is 4.36. The summed E-state index contributed by atoms with van der Waals surface area (Å²) in [7, 11) is -1.37. The number of nitrogens with two attached hydrogens (primary N) is 1. The van der Waals surface area contributed by atoms with Gasteiger partial charge in [0.15, 0.2) is 0 Å². The lowest BCUT2D eigenvalue weighted by Crippen LogP contribution is -2.34. The van der Waals surface area contributed by atoms with Gasteiger partial charge in [0, 0.05) is 11.6 Å². The molecule has 19 heavy (non-hydrogen) atoms. The summed E-state index contributed by atoms with van der Waals surface area (Å²) in [5.41, 5.74) is 1.33. The van der Waals surface area contributed by atoms with Gasteiger partial charge in [-0.25, -0.2) is 8.60 Å². The molecule has 106 valence electrons. The van der Waals surface area contributed by atoms with Crippen molar-refractivity contribution in [2.75, 3.05) is 0 Å². The van der Waals surface area contributed by atoms with Crippen molar-refractivity contribution >= 4 is 11.0 Å². The Morgan fingerprint density at radius 1 is 1.53 bits per heavy atom. The lowest BCUT2D eigenvalue weighted by atomic mass is 9.89. The molecule has 1 fully saturated rings. The maximum atomic E-state index is 13.3. The maximum Gasteiger partial charge on any atom is 0.144 e. The smallest absolute Gasteiger partial charge is 0.144 e. The van der Waals surface area contributed by atoms with E-state index in [4.69, 9.17) is 5.14 Å². The van der Waals surface area contributed by atoms with E-state index in [-0.39, 0.29) is 11.7 Å². The van der Waals surface area contributed by atoms with E-state index >= 15 is 0 Å². The van der Waals surface area contributed by atoms with Crippen LogP contribution in [0.1, 0.15) is 50.4 Å². The molecule has 0 radical (unpaired) electrons. The van der Waals surface area contributed by atoms with E-state index < -0.39 is 15.7 Å². The lowest BCUT2D eigenvalue weighted by Gasteiger charge is -2.27. The third kappa shape index (κ3) is 3.39. The van der Waals surface area contributed by atoms with E-state index in [9.17, 15) is 8.60 Å². The standard InChI is InChI=1S/C14H21FN2OS/c1-9-12(15)6-7-13(17-9)11(10-4-5-10)8-14(2,3)19(16)18/h6-7,10-11H,4-5,8,16H2,1-3H3/t11-,19?/m1/s1. The molecule has 0 aromatic carbocycles. The summed E-state index contributed by atoms with van der Waals surface area (Å²) >= 11 is 0. The first-order valence-corrected chi connectivity index (χ1v) is 7.82. The van der Waals surface area contributed by atoms with Crippen molar-refractivity contribution in [2.24, 2.45) is 11.1 Å². The average molecular weight is 284 g/mol. The van der Waals surface area contributed by atoms with Crippen LogP contribution in [-0.2, 0) is 11.0 Å². The van der Waals surface area contributed by atoms with Crippen molar-refractivity contribution in [3.8, 4) is 0 Å². The summed E-state index contributed by atoms with van der Waals surface area (Å²) in [5.74, 6) is 0.516. The molecule has 3 nitrogen and oxygen atoms in total. The molecule has 1 saturated carbocycles. The molecule has 2 N–H and O–H groups in total. The van der Waals surface area contributed by atoms with Gasteiger partial charge in [-0.15, -0.1) is 0 Å². The van der Waals surface area contributed by atoms with Crippen molar-refractivity contribution in [3.05, 3.63) is 29.3 Å². The molecular weight excluding hydrogens is 263 g/mol. The second-order valence-corrected chi connectivity index (χ2v) is 7.71. The fourth-order valence-corrected chi connectivity index (χ4v) is 2.74. The Hall–Kier alpha value is -0.810. The minimum atomic E-state index is -1.37. The summed E-state index contributed by atoms with van der Waals surface area (Å²) in [6.45, 7) is 5.50. The molecule has 1 aliphatic rings. The highest BCUT2D eigenvalue weighted by Crippen LogP contribution is 2.46. The van der Waals surface area contributed by atoms with Crippen molar-refractivity contribution in [1.29, 1.82) is 0 Å². The molecule has 1 aromatic rings. The Labute approximate surface area is 116 Å². The van der Waals surface area contributed by atoms with Crippen LogP contribution in [0.25, 0.3) is 0 Å². The van der Waals surface area contributed by atoms with Crippen LogP contribution in [0.5, 0.6) is 0 Å². The third-order valence-electron chi connectivity index (χ3n) is 3.87. The number of pyridine rings is 1. The van der Waals surface area contributed by atoms with E-state index in [1.54, 1.807) is 13.0 Å². The molecule has 0 aliphatic heterocycles. The Morgan fingerprint density at radius 3 is 2.63 bits per heavy atom. The van der Waals surface area contributed by atoms with Crippen LogP contribution in [0.4, 0.5) is 4.39 Å². The average Bonchev–Trinajstić information content (AvgIpc) is 3.14. The molecule has 2 atom stereocenters. The van der Waals surface area contributed by atoms with Crippen LogP contribution in [-0.4, -0.2) is 13.9 Å². The molecule has 2 rings (SSSR count). The summed E-state index contributed by atoms with van der Waals surface area (Å²) in [5, 5.41) is 5.56. The van der Waals surface area contributed by atoms with Gasteiger partial charge < -0.3 is 0 Å². The summed E-state index contributed by atoms with van der Waals surface area (Å²) in [6.07, 6.45) is 3.05. The fraction of sp³-hybridized carbons (Fsp3) is 0.643. The SMILES string of the molecule is Cc1nc([C@H](CC(C)(C)S(N)=O)C2CC2)ccc1F. The molecule has 1 heterocycles. The highest BCUT2D eigenvalue weighted by molar-refractivity contribution is 7.84. The first-order chi connectivity index (χ1) is 8.81. The highest BCUT2D eigenvalue weighted by atomic mass is 32.2.